The fraction of sp³-hybridized carbons (Fsp3) is 0.526. The summed E-state index contributed by atoms with van der Waals surface area (Å²) in [4.78, 5) is 27.7. The molecule has 0 aliphatic carbocycles. The summed E-state index contributed by atoms with van der Waals surface area (Å²) < 4.78 is 1.81. The van der Waals surface area contributed by atoms with Gasteiger partial charge in [0, 0.05) is 19.0 Å². The Morgan fingerprint density at radius 1 is 1.24 bits per heavy atom. The lowest BCUT2D eigenvalue weighted by Crippen LogP contribution is -2.34. The van der Waals surface area contributed by atoms with Crippen LogP contribution in [0.3, 0.4) is 0 Å². The van der Waals surface area contributed by atoms with Gasteiger partial charge >= 0.3 is 0 Å². The Balaban J connectivity index is 1.95. The van der Waals surface area contributed by atoms with Gasteiger partial charge in [0.05, 0.1) is 10.9 Å². The molecule has 0 aliphatic rings. The number of H-pyrrole nitrogens is 1. The summed E-state index contributed by atoms with van der Waals surface area (Å²) in [5, 5.41) is 3.58. The molecule has 1 unspecified atom stereocenters. The Morgan fingerprint density at radius 2 is 1.96 bits per heavy atom. The van der Waals surface area contributed by atoms with Gasteiger partial charge in [0.2, 0.25) is 5.91 Å². The topological polar surface area (TPSA) is 66.9 Å². The van der Waals surface area contributed by atoms with E-state index in [1.165, 1.54) is 11.0 Å². The van der Waals surface area contributed by atoms with Gasteiger partial charge in [-0.1, -0.05) is 38.8 Å². The van der Waals surface area contributed by atoms with Crippen molar-refractivity contribution in [2.75, 3.05) is 0 Å². The number of nitrogens with one attached hydrogen (secondary N) is 2. The molecule has 0 saturated carbocycles. The number of carbonyl (C=O) groups is 1. The molecule has 5 nitrogen and oxygen atoms in total. The van der Waals surface area contributed by atoms with Gasteiger partial charge in [0.1, 0.15) is 0 Å². The predicted molar refractivity (Wildman–Crippen MR) is 104 cm³/mol. The number of para-hydroxylation sites is 1. The summed E-state index contributed by atoms with van der Waals surface area (Å²) >= 11 is 5.26. The van der Waals surface area contributed by atoms with Crippen LogP contribution in [0.4, 0.5) is 0 Å². The molecule has 6 heteroatoms. The Kier molecular flexibility index (Phi) is 6.93. The fourth-order valence-corrected chi connectivity index (χ4v) is 3.15. The maximum absolute atomic E-state index is 12.5. The molecule has 0 aliphatic heterocycles. The Labute approximate surface area is 153 Å². The largest absolute Gasteiger partial charge is 0.354 e. The maximum Gasteiger partial charge on any atom is 0.262 e. The van der Waals surface area contributed by atoms with E-state index in [1.54, 1.807) is 6.07 Å². The van der Waals surface area contributed by atoms with Crippen molar-refractivity contribution < 1.29 is 4.79 Å². The second-order valence-electron chi connectivity index (χ2n) is 6.98. The van der Waals surface area contributed by atoms with Crippen LogP contribution < -0.4 is 10.9 Å². The fourth-order valence-electron chi connectivity index (χ4n) is 2.87. The summed E-state index contributed by atoms with van der Waals surface area (Å²) in [5.41, 5.74) is 0.564. The summed E-state index contributed by atoms with van der Waals surface area (Å²) in [5.74, 6) is 0.635. The van der Waals surface area contributed by atoms with Crippen molar-refractivity contribution in [3.63, 3.8) is 0 Å². The first-order valence-corrected chi connectivity index (χ1v) is 9.30. The number of fused-ring (bicyclic) bond motifs is 1. The number of aromatic amines is 1. The van der Waals surface area contributed by atoms with Gasteiger partial charge in [-0.25, -0.2) is 0 Å². The number of carbonyl (C=O) groups excluding carboxylic acids is 1. The summed E-state index contributed by atoms with van der Waals surface area (Å²) in [6.45, 7) is 6.71. The monoisotopic (exact) mass is 361 g/mol. The zero-order valence-corrected chi connectivity index (χ0v) is 16.0. The highest BCUT2D eigenvalue weighted by Gasteiger charge is 2.10. The van der Waals surface area contributed by atoms with Crippen LogP contribution in [0.1, 0.15) is 46.5 Å². The highest BCUT2D eigenvalue weighted by molar-refractivity contribution is 7.71. The van der Waals surface area contributed by atoms with E-state index >= 15 is 0 Å². The molecule has 1 heterocycles. The summed E-state index contributed by atoms with van der Waals surface area (Å²) in [6, 6.07) is 7.40. The molecule has 2 rings (SSSR count). The van der Waals surface area contributed by atoms with Crippen molar-refractivity contribution in [3.05, 3.63) is 39.4 Å². The molecule has 136 valence electrons. The first-order chi connectivity index (χ1) is 11.9. The van der Waals surface area contributed by atoms with Gasteiger partial charge in [-0.15, -0.1) is 0 Å². The molecule has 1 aromatic carbocycles. The summed E-state index contributed by atoms with van der Waals surface area (Å²) in [7, 11) is 0. The smallest absolute Gasteiger partial charge is 0.262 e. The van der Waals surface area contributed by atoms with Crippen LogP contribution in [0.25, 0.3) is 10.9 Å². The van der Waals surface area contributed by atoms with Gasteiger partial charge in [-0.3, -0.25) is 14.2 Å². The Bertz CT molecular complexity index is 838. The normalized spacial score (nSPS) is 12.5. The number of hydrogen-bond donors (Lipinski definition) is 2. The van der Waals surface area contributed by atoms with E-state index in [0.717, 1.165) is 18.4 Å². The van der Waals surface area contributed by atoms with Crippen molar-refractivity contribution in [3.8, 4) is 0 Å². The Hall–Kier alpha value is -1.95. The molecule has 0 radical (unpaired) electrons. The molecule has 1 amide bonds. The van der Waals surface area contributed by atoms with Crippen molar-refractivity contribution in [2.45, 2.75) is 59.0 Å². The average molecular weight is 362 g/mol. The van der Waals surface area contributed by atoms with Crippen LogP contribution in [-0.4, -0.2) is 21.5 Å². The molecule has 2 aromatic rings. The molecule has 0 bridgehead atoms. The van der Waals surface area contributed by atoms with E-state index in [1.807, 2.05) is 25.1 Å². The van der Waals surface area contributed by atoms with Gasteiger partial charge in [0.25, 0.3) is 5.56 Å². The van der Waals surface area contributed by atoms with Crippen molar-refractivity contribution in [1.29, 1.82) is 0 Å². The molecule has 0 fully saturated rings. The number of nitrogens with zero attached hydrogens (tertiary/aromatic N) is 1. The standard InChI is InChI=1S/C19H27N3O2S/c1-13(2)7-6-8-14(3)20-17(23)11-12-22-18(24)15-9-4-5-10-16(15)21-19(22)25/h4-5,9-10,13-14H,6-8,11-12H2,1-3H3,(H,20,23)(H,21,25). The van der Waals surface area contributed by atoms with E-state index in [0.29, 0.717) is 16.1 Å². The van der Waals surface area contributed by atoms with E-state index < -0.39 is 0 Å². The quantitative estimate of drug-likeness (QED) is 0.703. The first-order valence-electron chi connectivity index (χ1n) is 8.89. The van der Waals surface area contributed by atoms with Crippen LogP contribution >= 0.6 is 12.2 Å². The van der Waals surface area contributed by atoms with Gasteiger partial charge in [0.15, 0.2) is 4.77 Å². The lowest BCUT2D eigenvalue weighted by Gasteiger charge is -2.15. The van der Waals surface area contributed by atoms with Crippen molar-refractivity contribution >= 4 is 29.0 Å². The minimum Gasteiger partial charge on any atom is -0.354 e. The molecule has 1 atom stereocenters. The van der Waals surface area contributed by atoms with Crippen LogP contribution in [0.5, 0.6) is 0 Å². The lowest BCUT2D eigenvalue weighted by molar-refractivity contribution is -0.121. The van der Waals surface area contributed by atoms with Gasteiger partial charge < -0.3 is 10.3 Å². The molecule has 2 N–H and O–H groups in total. The minimum absolute atomic E-state index is 0.0495. The van der Waals surface area contributed by atoms with E-state index in [-0.39, 0.29) is 30.5 Å². The van der Waals surface area contributed by atoms with E-state index in [4.69, 9.17) is 12.2 Å². The van der Waals surface area contributed by atoms with Crippen molar-refractivity contribution in [2.24, 2.45) is 5.92 Å². The van der Waals surface area contributed by atoms with Crippen molar-refractivity contribution in [1.82, 2.24) is 14.9 Å². The maximum atomic E-state index is 12.5. The molecule has 0 saturated heterocycles. The zero-order chi connectivity index (χ0) is 18.4. The predicted octanol–water partition coefficient (Wildman–Crippen LogP) is 3.78. The highest BCUT2D eigenvalue weighted by atomic mass is 32.1. The van der Waals surface area contributed by atoms with Crippen LogP contribution in [0, 0.1) is 10.7 Å². The highest BCUT2D eigenvalue weighted by Crippen LogP contribution is 2.09. The van der Waals surface area contributed by atoms with E-state index in [9.17, 15) is 9.59 Å². The molecule has 1 aromatic heterocycles. The van der Waals surface area contributed by atoms with Gasteiger partial charge in [-0.05, 0) is 43.6 Å². The number of amides is 1. The van der Waals surface area contributed by atoms with Gasteiger partial charge in [-0.2, -0.15) is 0 Å². The summed E-state index contributed by atoms with van der Waals surface area (Å²) in [6.07, 6.45) is 3.49. The third-order valence-electron chi connectivity index (χ3n) is 4.28. The lowest BCUT2D eigenvalue weighted by atomic mass is 10.0. The second kappa shape index (κ2) is 8.94. The first kappa shape index (κ1) is 19.4. The second-order valence-corrected chi connectivity index (χ2v) is 7.36. The number of benzene rings is 1. The Morgan fingerprint density at radius 3 is 2.68 bits per heavy atom. The number of aromatic nitrogens is 2. The number of rotatable bonds is 8. The third kappa shape index (κ3) is 5.53. The third-order valence-corrected chi connectivity index (χ3v) is 4.60. The minimum atomic E-state index is -0.155. The van der Waals surface area contributed by atoms with Crippen LogP contribution in [0.15, 0.2) is 29.1 Å². The molecular formula is C19H27N3O2S. The molecular weight excluding hydrogens is 334 g/mol. The van der Waals surface area contributed by atoms with Crippen LogP contribution in [-0.2, 0) is 11.3 Å². The SMILES string of the molecule is CC(C)CCCC(C)NC(=O)CCn1c(=S)[nH]c2ccccc2c1=O. The number of hydrogen-bond acceptors (Lipinski definition) is 3. The van der Waals surface area contributed by atoms with E-state index in [2.05, 4.69) is 24.1 Å². The van der Waals surface area contributed by atoms with Crippen LogP contribution in [0.2, 0.25) is 0 Å². The average Bonchev–Trinajstić information content (AvgIpc) is 2.54. The molecule has 0 spiro atoms. The molecule has 25 heavy (non-hydrogen) atoms. The zero-order valence-electron chi connectivity index (χ0n) is 15.2.